The number of hydrogen-bond acceptors (Lipinski definition) is 5. The average Bonchev–Trinajstić information content (AvgIpc) is 2.96. The van der Waals surface area contributed by atoms with Crippen molar-refractivity contribution in [3.05, 3.63) is 61.6 Å². The number of ether oxygens (including phenoxy) is 2. The maximum Gasteiger partial charge on any atom is 0.293 e. The number of carbonyl (C=O) groups is 2. The van der Waals surface area contributed by atoms with Gasteiger partial charge in [-0.25, -0.2) is 0 Å². The zero-order valence-corrected chi connectivity index (χ0v) is 20.2. The molecule has 1 aliphatic rings. The number of rotatable bonds is 8. The molecular formula is C23H24INO4S. The molecule has 1 saturated heterocycles. The summed E-state index contributed by atoms with van der Waals surface area (Å²) in [6, 6.07) is 11.6. The Morgan fingerprint density at radius 3 is 2.60 bits per heavy atom. The van der Waals surface area contributed by atoms with Crippen LogP contribution in [-0.2, 0) is 11.3 Å². The Morgan fingerprint density at radius 2 is 1.90 bits per heavy atom. The predicted molar refractivity (Wildman–Crippen MR) is 129 cm³/mol. The van der Waals surface area contributed by atoms with Gasteiger partial charge in [-0.1, -0.05) is 31.2 Å². The number of aryl methyl sites for hydroxylation is 1. The van der Waals surface area contributed by atoms with Crippen LogP contribution in [-0.4, -0.2) is 29.3 Å². The second-order valence-corrected chi connectivity index (χ2v) is 8.96. The van der Waals surface area contributed by atoms with Crippen molar-refractivity contribution in [2.75, 3.05) is 13.2 Å². The fourth-order valence-electron chi connectivity index (χ4n) is 3.02. The van der Waals surface area contributed by atoms with Crippen LogP contribution in [0.4, 0.5) is 4.79 Å². The van der Waals surface area contributed by atoms with Gasteiger partial charge in [-0.15, -0.1) is 0 Å². The maximum absolute atomic E-state index is 12.9. The summed E-state index contributed by atoms with van der Waals surface area (Å²) in [5.74, 6) is 1.08. The molecule has 1 fully saturated rings. The number of hydrogen-bond donors (Lipinski definition) is 0. The molecule has 0 radical (unpaired) electrons. The number of benzene rings is 2. The molecule has 5 nitrogen and oxygen atoms in total. The predicted octanol–water partition coefficient (Wildman–Crippen LogP) is 6.02. The van der Waals surface area contributed by atoms with Crippen molar-refractivity contribution in [1.29, 1.82) is 0 Å². The lowest BCUT2D eigenvalue weighted by Gasteiger charge is -2.15. The highest BCUT2D eigenvalue weighted by Gasteiger charge is 2.35. The Labute approximate surface area is 195 Å². The van der Waals surface area contributed by atoms with Gasteiger partial charge >= 0.3 is 0 Å². The molecule has 0 unspecified atom stereocenters. The van der Waals surface area contributed by atoms with Gasteiger partial charge in [-0.3, -0.25) is 14.5 Å². The third kappa shape index (κ3) is 5.18. The number of amides is 2. The quantitative estimate of drug-likeness (QED) is 0.305. The average molecular weight is 537 g/mol. The van der Waals surface area contributed by atoms with E-state index in [-0.39, 0.29) is 17.7 Å². The Hall–Kier alpha value is -2.00. The minimum absolute atomic E-state index is 0.253. The number of imide groups is 1. The number of carbonyl (C=O) groups excluding carboxylic acids is 2. The zero-order chi connectivity index (χ0) is 21.7. The molecule has 158 valence electrons. The molecule has 0 N–H and O–H groups in total. The zero-order valence-electron chi connectivity index (χ0n) is 17.2. The van der Waals surface area contributed by atoms with Crippen molar-refractivity contribution in [2.45, 2.75) is 33.7 Å². The van der Waals surface area contributed by atoms with Gasteiger partial charge in [0.25, 0.3) is 11.1 Å². The molecule has 30 heavy (non-hydrogen) atoms. The fourth-order valence-corrected chi connectivity index (χ4v) is 4.64. The Morgan fingerprint density at radius 1 is 1.13 bits per heavy atom. The van der Waals surface area contributed by atoms with Crippen LogP contribution in [0.5, 0.6) is 11.5 Å². The molecule has 0 bridgehead atoms. The molecule has 2 amide bonds. The van der Waals surface area contributed by atoms with E-state index in [0.717, 1.165) is 38.4 Å². The van der Waals surface area contributed by atoms with E-state index in [9.17, 15) is 9.59 Å². The van der Waals surface area contributed by atoms with Gasteiger partial charge in [0, 0.05) is 0 Å². The maximum atomic E-state index is 12.9. The summed E-state index contributed by atoms with van der Waals surface area (Å²) < 4.78 is 12.5. The van der Waals surface area contributed by atoms with Crippen molar-refractivity contribution in [2.24, 2.45) is 0 Å². The summed E-state index contributed by atoms with van der Waals surface area (Å²) >= 11 is 3.18. The molecule has 1 aliphatic heterocycles. The first-order valence-corrected chi connectivity index (χ1v) is 11.7. The van der Waals surface area contributed by atoms with Gasteiger partial charge in [-0.2, -0.15) is 0 Å². The van der Waals surface area contributed by atoms with Gasteiger partial charge < -0.3 is 9.47 Å². The molecule has 2 aromatic carbocycles. The van der Waals surface area contributed by atoms with Crippen LogP contribution in [0.2, 0.25) is 0 Å². The fraction of sp³-hybridized carbons (Fsp3) is 0.304. The third-order valence-corrected chi connectivity index (χ3v) is 6.25. The molecule has 7 heteroatoms. The lowest BCUT2D eigenvalue weighted by atomic mass is 10.1. The number of thioether (sulfide) groups is 1. The highest BCUT2D eigenvalue weighted by Crippen LogP contribution is 2.38. The second-order valence-electron chi connectivity index (χ2n) is 6.81. The number of nitrogens with zero attached hydrogens (tertiary/aromatic N) is 1. The summed E-state index contributed by atoms with van der Waals surface area (Å²) in [5.41, 5.74) is 2.82. The van der Waals surface area contributed by atoms with E-state index in [1.807, 2.05) is 50.2 Å². The normalized spacial score (nSPS) is 15.2. The van der Waals surface area contributed by atoms with E-state index in [0.29, 0.717) is 29.6 Å². The Bertz CT molecular complexity index is 989. The van der Waals surface area contributed by atoms with Gasteiger partial charge in [0.05, 0.1) is 28.2 Å². The van der Waals surface area contributed by atoms with Crippen LogP contribution in [0.25, 0.3) is 6.08 Å². The SMILES string of the molecule is CCCOc1c(I)cc(/C=C2\SC(=O)N(Cc3ccccc3C)C2=O)cc1OCC. The lowest BCUT2D eigenvalue weighted by Crippen LogP contribution is -2.27. The largest absolute Gasteiger partial charge is 0.490 e. The number of halogens is 1. The third-order valence-electron chi connectivity index (χ3n) is 4.54. The van der Waals surface area contributed by atoms with E-state index in [1.165, 1.54) is 4.90 Å². The van der Waals surface area contributed by atoms with Crippen LogP contribution in [0.15, 0.2) is 41.3 Å². The van der Waals surface area contributed by atoms with Gasteiger partial charge in [-0.05, 0) is 89.5 Å². The summed E-state index contributed by atoms with van der Waals surface area (Å²) in [5, 5.41) is -0.253. The molecular weight excluding hydrogens is 513 g/mol. The van der Waals surface area contributed by atoms with E-state index in [4.69, 9.17) is 9.47 Å². The van der Waals surface area contributed by atoms with Gasteiger partial charge in [0.1, 0.15) is 0 Å². The van der Waals surface area contributed by atoms with Crippen LogP contribution in [0.1, 0.15) is 37.0 Å². The van der Waals surface area contributed by atoms with Crippen LogP contribution in [0, 0.1) is 10.5 Å². The second kappa shape index (κ2) is 10.3. The highest BCUT2D eigenvalue weighted by atomic mass is 127. The minimum Gasteiger partial charge on any atom is -0.490 e. The van der Waals surface area contributed by atoms with Gasteiger partial charge in [0.2, 0.25) is 0 Å². The van der Waals surface area contributed by atoms with E-state index in [2.05, 4.69) is 29.5 Å². The molecule has 2 aromatic rings. The molecule has 0 saturated carbocycles. The summed E-state index contributed by atoms with van der Waals surface area (Å²) in [4.78, 5) is 27.1. The topological polar surface area (TPSA) is 55.8 Å². The smallest absolute Gasteiger partial charge is 0.293 e. The Kier molecular flexibility index (Phi) is 7.82. The molecule has 0 aliphatic carbocycles. The first-order valence-electron chi connectivity index (χ1n) is 9.83. The van der Waals surface area contributed by atoms with Crippen molar-refractivity contribution in [1.82, 2.24) is 4.90 Å². The summed E-state index contributed by atoms with van der Waals surface area (Å²) in [7, 11) is 0. The van der Waals surface area contributed by atoms with E-state index in [1.54, 1.807) is 6.08 Å². The first-order chi connectivity index (χ1) is 14.4. The van der Waals surface area contributed by atoms with Crippen molar-refractivity contribution in [3.63, 3.8) is 0 Å². The van der Waals surface area contributed by atoms with E-state index >= 15 is 0 Å². The standard InChI is InChI=1S/C23H24INO4S/c1-4-10-29-21-18(24)11-16(12-19(21)28-5-2)13-20-22(26)25(23(27)30-20)14-17-9-7-6-8-15(17)3/h6-9,11-13H,4-5,10,14H2,1-3H3/b20-13-. The summed E-state index contributed by atoms with van der Waals surface area (Å²) in [6.07, 6.45) is 2.65. The van der Waals surface area contributed by atoms with E-state index < -0.39 is 0 Å². The van der Waals surface area contributed by atoms with Crippen molar-refractivity contribution >= 4 is 51.6 Å². The van der Waals surface area contributed by atoms with Crippen LogP contribution < -0.4 is 9.47 Å². The van der Waals surface area contributed by atoms with Gasteiger partial charge in [0.15, 0.2) is 11.5 Å². The first kappa shape index (κ1) is 22.7. The van der Waals surface area contributed by atoms with Crippen molar-refractivity contribution < 1.29 is 19.1 Å². The Balaban J connectivity index is 1.87. The van der Waals surface area contributed by atoms with Crippen LogP contribution in [0.3, 0.4) is 0 Å². The van der Waals surface area contributed by atoms with Crippen LogP contribution >= 0.6 is 34.4 Å². The molecule has 0 spiro atoms. The molecule has 1 heterocycles. The summed E-state index contributed by atoms with van der Waals surface area (Å²) in [6.45, 7) is 7.33. The molecule has 0 atom stereocenters. The monoisotopic (exact) mass is 537 g/mol. The minimum atomic E-state index is -0.271. The van der Waals surface area contributed by atoms with Crippen molar-refractivity contribution in [3.8, 4) is 11.5 Å². The molecule has 3 rings (SSSR count). The highest BCUT2D eigenvalue weighted by molar-refractivity contribution is 14.1. The molecule has 0 aromatic heterocycles. The lowest BCUT2D eigenvalue weighted by molar-refractivity contribution is -0.123.